The van der Waals surface area contributed by atoms with Crippen molar-refractivity contribution in [3.63, 3.8) is 0 Å². The molecule has 72 valence electrons. The van der Waals surface area contributed by atoms with Gasteiger partial charge in [0.15, 0.2) is 0 Å². The van der Waals surface area contributed by atoms with Gasteiger partial charge in [-0.15, -0.1) is 0 Å². The van der Waals surface area contributed by atoms with Crippen LogP contribution in [0.2, 0.25) is 0 Å². The van der Waals surface area contributed by atoms with Gasteiger partial charge in [0.25, 0.3) is 0 Å². The zero-order valence-electron chi connectivity index (χ0n) is 7.28. The van der Waals surface area contributed by atoms with Crippen molar-refractivity contribution in [3.8, 4) is 0 Å². The lowest BCUT2D eigenvalue weighted by Gasteiger charge is -2.13. The molecule has 0 aromatic rings. The van der Waals surface area contributed by atoms with Gasteiger partial charge >= 0.3 is 0 Å². The molecule has 0 radical (unpaired) electrons. The Morgan fingerprint density at radius 3 is 2.25 bits per heavy atom. The van der Waals surface area contributed by atoms with Crippen LogP contribution < -0.4 is 5.48 Å². The molecular formula is C7H15NO4. The van der Waals surface area contributed by atoms with Gasteiger partial charge in [-0.05, 0) is 0 Å². The molecule has 3 N–H and O–H groups in total. The zero-order valence-corrected chi connectivity index (χ0v) is 7.28. The molecule has 0 atom stereocenters. The molecule has 0 spiro atoms. The molecule has 0 rings (SSSR count). The van der Waals surface area contributed by atoms with Gasteiger partial charge in [-0.1, -0.05) is 13.8 Å². The lowest BCUT2D eigenvalue weighted by atomic mass is 10.2. The number of carbonyl (C=O) groups excluding carboxylic acids is 1. The summed E-state index contributed by atoms with van der Waals surface area (Å²) in [7, 11) is 0. The Hall–Kier alpha value is -0.650. The van der Waals surface area contributed by atoms with Crippen molar-refractivity contribution >= 4 is 5.91 Å². The van der Waals surface area contributed by atoms with Crippen molar-refractivity contribution in [2.24, 2.45) is 5.92 Å². The van der Waals surface area contributed by atoms with E-state index in [0.717, 1.165) is 0 Å². The Morgan fingerprint density at radius 2 is 1.92 bits per heavy atom. The Labute approximate surface area is 71.3 Å². The molecule has 0 fully saturated rings. The molecule has 0 heterocycles. The fourth-order valence-electron chi connectivity index (χ4n) is 0.392. The van der Waals surface area contributed by atoms with Gasteiger partial charge in [-0.25, -0.2) is 5.48 Å². The molecular weight excluding hydrogens is 162 g/mol. The van der Waals surface area contributed by atoms with Gasteiger partial charge in [-0.3, -0.25) is 9.63 Å². The highest BCUT2D eigenvalue weighted by Crippen LogP contribution is 1.92. The molecule has 0 unspecified atom stereocenters. The van der Waals surface area contributed by atoms with Crippen molar-refractivity contribution in [2.45, 2.75) is 20.0 Å². The molecule has 1 amide bonds. The van der Waals surface area contributed by atoms with E-state index in [1.165, 1.54) is 0 Å². The Bertz CT molecular complexity index is 133. The monoisotopic (exact) mass is 177 g/mol. The molecule has 12 heavy (non-hydrogen) atoms. The van der Waals surface area contributed by atoms with Crippen LogP contribution in [0.25, 0.3) is 0 Å². The van der Waals surface area contributed by atoms with Crippen LogP contribution >= 0.6 is 0 Å². The van der Waals surface area contributed by atoms with Crippen molar-refractivity contribution in [3.05, 3.63) is 0 Å². The van der Waals surface area contributed by atoms with E-state index >= 15 is 0 Å². The fourth-order valence-corrected chi connectivity index (χ4v) is 0.392. The summed E-state index contributed by atoms with van der Waals surface area (Å²) in [6.07, 6.45) is -0.743. The summed E-state index contributed by atoms with van der Waals surface area (Å²) in [6, 6.07) is 0. The molecule has 0 bridgehead atoms. The van der Waals surface area contributed by atoms with E-state index in [1.54, 1.807) is 13.8 Å². The predicted molar refractivity (Wildman–Crippen MR) is 42.0 cm³/mol. The third kappa shape index (κ3) is 4.27. The van der Waals surface area contributed by atoms with Crippen LogP contribution in [0.4, 0.5) is 0 Å². The maximum atomic E-state index is 10.9. The predicted octanol–water partition coefficient (Wildman–Crippen LogP) is -0.957. The smallest absolute Gasteiger partial charge is 0.246 e. The Balaban J connectivity index is 3.59. The largest absolute Gasteiger partial charge is 0.393 e. The number of hydrogen-bond acceptors (Lipinski definition) is 4. The van der Waals surface area contributed by atoms with Crippen LogP contribution in [0.5, 0.6) is 0 Å². The van der Waals surface area contributed by atoms with Crippen molar-refractivity contribution in [2.75, 3.05) is 13.2 Å². The van der Waals surface area contributed by atoms with Crippen LogP contribution in [0.1, 0.15) is 13.8 Å². The van der Waals surface area contributed by atoms with Crippen LogP contribution in [0.3, 0.4) is 0 Å². The van der Waals surface area contributed by atoms with Gasteiger partial charge in [0, 0.05) is 5.92 Å². The SMILES string of the molecule is CC(C)C(=O)NOC(CO)CO. The van der Waals surface area contributed by atoms with E-state index in [9.17, 15) is 4.79 Å². The highest BCUT2D eigenvalue weighted by molar-refractivity contribution is 5.76. The highest BCUT2D eigenvalue weighted by atomic mass is 16.7. The van der Waals surface area contributed by atoms with Crippen LogP contribution in [0.15, 0.2) is 0 Å². The van der Waals surface area contributed by atoms with E-state index in [2.05, 4.69) is 10.3 Å². The summed E-state index contributed by atoms with van der Waals surface area (Å²) < 4.78 is 0. The maximum Gasteiger partial charge on any atom is 0.246 e. The van der Waals surface area contributed by atoms with Crippen molar-refractivity contribution in [1.29, 1.82) is 0 Å². The molecule has 0 aliphatic heterocycles. The highest BCUT2D eigenvalue weighted by Gasteiger charge is 2.10. The number of carbonyl (C=O) groups is 1. The van der Waals surface area contributed by atoms with E-state index in [-0.39, 0.29) is 25.0 Å². The van der Waals surface area contributed by atoms with Crippen LogP contribution in [-0.4, -0.2) is 35.4 Å². The molecule has 5 heteroatoms. The van der Waals surface area contributed by atoms with Crippen LogP contribution in [0, 0.1) is 5.92 Å². The molecule has 0 saturated carbocycles. The second-order valence-electron chi connectivity index (χ2n) is 2.73. The average molecular weight is 177 g/mol. The summed E-state index contributed by atoms with van der Waals surface area (Å²) in [6.45, 7) is 2.78. The van der Waals surface area contributed by atoms with E-state index in [1.807, 2.05) is 0 Å². The second kappa shape index (κ2) is 5.93. The Morgan fingerprint density at radius 1 is 1.42 bits per heavy atom. The molecule has 0 aromatic heterocycles. The molecule has 0 aliphatic carbocycles. The van der Waals surface area contributed by atoms with Crippen LogP contribution in [-0.2, 0) is 9.63 Å². The first-order valence-corrected chi connectivity index (χ1v) is 3.79. The summed E-state index contributed by atoms with van der Waals surface area (Å²) in [4.78, 5) is 15.5. The maximum absolute atomic E-state index is 10.9. The minimum absolute atomic E-state index is 0.178. The van der Waals surface area contributed by atoms with E-state index < -0.39 is 6.10 Å². The number of hydroxylamine groups is 1. The third-order valence-electron chi connectivity index (χ3n) is 1.26. The number of aliphatic hydroxyl groups excluding tert-OH is 2. The lowest BCUT2D eigenvalue weighted by Crippen LogP contribution is -2.35. The number of nitrogens with one attached hydrogen (secondary N) is 1. The number of hydrogen-bond donors (Lipinski definition) is 3. The lowest BCUT2D eigenvalue weighted by molar-refractivity contribution is -0.146. The van der Waals surface area contributed by atoms with Gasteiger partial charge in [0.2, 0.25) is 5.91 Å². The minimum atomic E-state index is -0.743. The summed E-state index contributed by atoms with van der Waals surface area (Å²) in [5.74, 6) is -0.454. The fraction of sp³-hybridized carbons (Fsp3) is 0.857. The number of amides is 1. The molecule has 5 nitrogen and oxygen atoms in total. The third-order valence-corrected chi connectivity index (χ3v) is 1.26. The topological polar surface area (TPSA) is 78.8 Å². The number of aliphatic hydroxyl groups is 2. The number of rotatable bonds is 5. The summed E-state index contributed by atoms with van der Waals surface area (Å²) >= 11 is 0. The first-order valence-electron chi connectivity index (χ1n) is 3.79. The Kier molecular flexibility index (Phi) is 5.61. The van der Waals surface area contributed by atoms with Crippen molar-refractivity contribution in [1.82, 2.24) is 5.48 Å². The first-order chi connectivity index (χ1) is 5.61. The second-order valence-corrected chi connectivity index (χ2v) is 2.73. The zero-order chi connectivity index (χ0) is 9.56. The minimum Gasteiger partial charge on any atom is -0.393 e. The summed E-state index contributed by atoms with van der Waals surface area (Å²) in [5, 5.41) is 17.1. The summed E-state index contributed by atoms with van der Waals surface area (Å²) in [5.41, 5.74) is 2.13. The van der Waals surface area contributed by atoms with E-state index in [0.29, 0.717) is 0 Å². The first kappa shape index (κ1) is 11.4. The van der Waals surface area contributed by atoms with Gasteiger partial charge < -0.3 is 10.2 Å². The quantitative estimate of drug-likeness (QED) is 0.473. The van der Waals surface area contributed by atoms with Crippen molar-refractivity contribution < 1.29 is 19.8 Å². The van der Waals surface area contributed by atoms with Gasteiger partial charge in [-0.2, -0.15) is 0 Å². The standard InChI is InChI=1S/C7H15NO4/c1-5(2)7(11)8-12-6(3-9)4-10/h5-6,9-10H,3-4H2,1-2H3,(H,8,11). The van der Waals surface area contributed by atoms with E-state index in [4.69, 9.17) is 10.2 Å². The normalized spacial score (nSPS) is 10.8. The molecule has 0 aromatic carbocycles. The average Bonchev–Trinajstić information content (AvgIpc) is 2.05. The molecule has 0 saturated heterocycles. The molecule has 0 aliphatic rings. The van der Waals surface area contributed by atoms with Gasteiger partial charge in [0.1, 0.15) is 6.10 Å². The van der Waals surface area contributed by atoms with Gasteiger partial charge in [0.05, 0.1) is 13.2 Å².